The minimum atomic E-state index is 0.109. The average molecular weight is 340 g/mol. The third-order valence-electron chi connectivity index (χ3n) is 3.35. The van der Waals surface area contributed by atoms with Crippen LogP contribution in [0.1, 0.15) is 17.2 Å². The molecular weight excluding hydrogens is 324 g/mol. The monoisotopic (exact) mass is 339 g/mol. The van der Waals surface area contributed by atoms with Crippen molar-refractivity contribution >= 4 is 21.7 Å². The Labute approximate surface area is 133 Å². The molecular formula is C18H16BrN2+. The van der Waals surface area contributed by atoms with Gasteiger partial charge >= 0.3 is 0 Å². The molecule has 0 aliphatic carbocycles. The van der Waals surface area contributed by atoms with E-state index in [0.717, 1.165) is 10.3 Å². The van der Waals surface area contributed by atoms with E-state index in [-0.39, 0.29) is 6.04 Å². The number of hydrogen-bond donors (Lipinski definition) is 1. The molecule has 0 saturated heterocycles. The van der Waals surface area contributed by atoms with Crippen molar-refractivity contribution in [2.45, 2.75) is 6.04 Å². The highest BCUT2D eigenvalue weighted by molar-refractivity contribution is 9.10. The van der Waals surface area contributed by atoms with Crippen molar-refractivity contribution in [3.8, 4) is 0 Å². The number of halogens is 1. The molecule has 1 heterocycles. The van der Waals surface area contributed by atoms with Crippen molar-refractivity contribution in [3.63, 3.8) is 0 Å². The number of aromatic nitrogens is 1. The summed E-state index contributed by atoms with van der Waals surface area (Å²) in [5.41, 5.74) is 2.46. The second-order valence-corrected chi connectivity index (χ2v) is 5.73. The van der Waals surface area contributed by atoms with E-state index >= 15 is 0 Å². The van der Waals surface area contributed by atoms with Gasteiger partial charge in [0.05, 0.1) is 6.20 Å². The van der Waals surface area contributed by atoms with Gasteiger partial charge in [-0.25, -0.2) is 4.98 Å². The zero-order valence-electron chi connectivity index (χ0n) is 11.5. The Hall–Kier alpha value is -2.13. The fourth-order valence-electron chi connectivity index (χ4n) is 2.30. The number of H-pyrrole nitrogens is 1. The lowest BCUT2D eigenvalue weighted by atomic mass is 9.99. The van der Waals surface area contributed by atoms with E-state index < -0.39 is 0 Å². The van der Waals surface area contributed by atoms with Crippen LogP contribution in [0, 0.1) is 0 Å². The van der Waals surface area contributed by atoms with E-state index in [2.05, 4.69) is 74.8 Å². The third-order valence-corrected chi connectivity index (χ3v) is 3.87. The summed E-state index contributed by atoms with van der Waals surface area (Å²) in [6.45, 7) is 0. The molecule has 0 spiro atoms. The Balaban J connectivity index is 1.97. The normalized spacial score (nSPS) is 11.9. The number of nitrogens with one attached hydrogen (secondary N) is 2. The minimum Gasteiger partial charge on any atom is -0.263 e. The van der Waals surface area contributed by atoms with Gasteiger partial charge in [0.1, 0.15) is 6.04 Å². The van der Waals surface area contributed by atoms with Crippen LogP contribution in [0.5, 0.6) is 0 Å². The fourth-order valence-corrected chi connectivity index (χ4v) is 2.56. The molecule has 0 saturated carbocycles. The van der Waals surface area contributed by atoms with Crippen LogP contribution in [-0.4, -0.2) is 0 Å². The van der Waals surface area contributed by atoms with Gasteiger partial charge in [0, 0.05) is 21.7 Å². The Morgan fingerprint density at radius 3 is 2.10 bits per heavy atom. The van der Waals surface area contributed by atoms with E-state index in [1.165, 1.54) is 11.1 Å². The summed E-state index contributed by atoms with van der Waals surface area (Å²) in [6, 6.07) is 25.0. The van der Waals surface area contributed by atoms with E-state index in [9.17, 15) is 0 Å². The summed E-state index contributed by atoms with van der Waals surface area (Å²) in [6.07, 6.45) is 1.92. The highest BCUT2D eigenvalue weighted by Crippen LogP contribution is 2.26. The van der Waals surface area contributed by atoms with Crippen LogP contribution in [0.2, 0.25) is 0 Å². The summed E-state index contributed by atoms with van der Waals surface area (Å²) in [5.74, 6) is 0.995. The van der Waals surface area contributed by atoms with Gasteiger partial charge in [-0.3, -0.25) is 5.32 Å². The van der Waals surface area contributed by atoms with Crippen molar-refractivity contribution in [2.75, 3.05) is 5.32 Å². The number of anilines is 1. The molecule has 104 valence electrons. The van der Waals surface area contributed by atoms with Crippen LogP contribution in [0.4, 0.5) is 5.82 Å². The predicted octanol–water partition coefficient (Wildman–Crippen LogP) is 4.46. The maximum Gasteiger partial charge on any atom is 0.272 e. The van der Waals surface area contributed by atoms with Crippen LogP contribution >= 0.6 is 15.9 Å². The molecule has 3 heteroatoms. The molecule has 0 aliphatic rings. The summed E-state index contributed by atoms with van der Waals surface area (Å²) >= 11 is 3.49. The van der Waals surface area contributed by atoms with Crippen molar-refractivity contribution in [1.82, 2.24) is 0 Å². The lowest BCUT2D eigenvalue weighted by Crippen LogP contribution is -2.18. The average Bonchev–Trinajstić information content (AvgIpc) is 2.55. The highest BCUT2D eigenvalue weighted by atomic mass is 79.9. The van der Waals surface area contributed by atoms with E-state index in [4.69, 9.17) is 0 Å². The van der Waals surface area contributed by atoms with Crippen LogP contribution in [-0.2, 0) is 0 Å². The summed E-state index contributed by atoms with van der Waals surface area (Å²) in [4.78, 5) is 3.23. The zero-order valence-corrected chi connectivity index (χ0v) is 13.0. The zero-order chi connectivity index (χ0) is 14.5. The second-order valence-electron chi connectivity index (χ2n) is 4.82. The van der Waals surface area contributed by atoms with Crippen molar-refractivity contribution < 1.29 is 4.98 Å². The van der Waals surface area contributed by atoms with E-state index in [1.807, 2.05) is 30.5 Å². The van der Waals surface area contributed by atoms with Crippen LogP contribution in [0.3, 0.4) is 0 Å². The van der Waals surface area contributed by atoms with Crippen LogP contribution in [0.15, 0.2) is 83.5 Å². The number of aromatic amines is 1. The molecule has 0 amide bonds. The first-order valence-corrected chi connectivity index (χ1v) is 7.66. The molecule has 21 heavy (non-hydrogen) atoms. The molecule has 0 unspecified atom stereocenters. The number of hydrogen-bond acceptors (Lipinski definition) is 1. The first kappa shape index (κ1) is 13.8. The van der Waals surface area contributed by atoms with Crippen molar-refractivity contribution in [1.29, 1.82) is 0 Å². The lowest BCUT2D eigenvalue weighted by molar-refractivity contribution is -0.361. The second kappa shape index (κ2) is 6.55. The first-order valence-electron chi connectivity index (χ1n) is 6.86. The number of pyridine rings is 1. The molecule has 0 fully saturated rings. The molecule has 0 radical (unpaired) electrons. The molecule has 3 rings (SSSR count). The SMILES string of the molecule is Brc1ccc([C@H](Nc2cccc[nH+]2)c2ccccc2)cc1. The lowest BCUT2D eigenvalue weighted by Gasteiger charge is -2.15. The van der Waals surface area contributed by atoms with Gasteiger partial charge in [-0.15, -0.1) is 0 Å². The van der Waals surface area contributed by atoms with E-state index in [0.29, 0.717) is 0 Å². The van der Waals surface area contributed by atoms with Gasteiger partial charge in [-0.1, -0.05) is 64.5 Å². The summed E-state index contributed by atoms with van der Waals surface area (Å²) in [7, 11) is 0. The van der Waals surface area contributed by atoms with Gasteiger partial charge in [-0.2, -0.15) is 0 Å². The first-order chi connectivity index (χ1) is 10.3. The molecule has 0 bridgehead atoms. The topological polar surface area (TPSA) is 26.2 Å². The highest BCUT2D eigenvalue weighted by Gasteiger charge is 2.18. The largest absolute Gasteiger partial charge is 0.272 e. The Morgan fingerprint density at radius 1 is 0.762 bits per heavy atom. The standard InChI is InChI=1S/C18H15BrN2/c19-16-11-9-15(10-12-16)18(14-6-2-1-3-7-14)21-17-8-4-5-13-20-17/h1-13,18H,(H,20,21)/p+1/t18-/m1/s1. The smallest absolute Gasteiger partial charge is 0.263 e. The maximum absolute atomic E-state index is 3.56. The predicted molar refractivity (Wildman–Crippen MR) is 89.0 cm³/mol. The molecule has 1 aromatic heterocycles. The molecule has 0 aliphatic heterocycles. The number of rotatable bonds is 4. The Morgan fingerprint density at radius 2 is 1.43 bits per heavy atom. The Bertz CT molecular complexity index is 681. The quantitative estimate of drug-likeness (QED) is 0.745. The van der Waals surface area contributed by atoms with Crippen molar-refractivity contribution in [3.05, 3.63) is 94.6 Å². The van der Waals surface area contributed by atoms with Gasteiger partial charge < -0.3 is 0 Å². The third kappa shape index (κ3) is 3.50. The summed E-state index contributed by atoms with van der Waals surface area (Å²) in [5, 5.41) is 3.56. The molecule has 2 aromatic carbocycles. The molecule has 2 nitrogen and oxygen atoms in total. The maximum atomic E-state index is 3.56. The summed E-state index contributed by atoms with van der Waals surface area (Å²) < 4.78 is 1.09. The molecule has 2 N–H and O–H groups in total. The minimum absolute atomic E-state index is 0.109. The molecule has 3 aromatic rings. The Kier molecular flexibility index (Phi) is 4.31. The van der Waals surface area contributed by atoms with Gasteiger partial charge in [0.15, 0.2) is 0 Å². The van der Waals surface area contributed by atoms with Gasteiger partial charge in [0.25, 0.3) is 5.82 Å². The van der Waals surface area contributed by atoms with E-state index in [1.54, 1.807) is 0 Å². The van der Waals surface area contributed by atoms with Gasteiger partial charge in [-0.05, 0) is 18.2 Å². The number of benzene rings is 2. The van der Waals surface area contributed by atoms with Gasteiger partial charge in [0.2, 0.25) is 0 Å². The molecule has 1 atom stereocenters. The van der Waals surface area contributed by atoms with Crippen molar-refractivity contribution in [2.24, 2.45) is 0 Å². The van der Waals surface area contributed by atoms with Crippen LogP contribution in [0.25, 0.3) is 0 Å². The fraction of sp³-hybridized carbons (Fsp3) is 0.0556. The van der Waals surface area contributed by atoms with Crippen LogP contribution < -0.4 is 10.3 Å².